The molecule has 1 N–H and O–H groups in total. The van der Waals surface area contributed by atoms with Crippen molar-refractivity contribution in [3.63, 3.8) is 0 Å². The van der Waals surface area contributed by atoms with Gasteiger partial charge in [0.1, 0.15) is 0 Å². The van der Waals surface area contributed by atoms with Crippen molar-refractivity contribution in [1.82, 2.24) is 24.5 Å². The minimum atomic E-state index is 0.111. The predicted molar refractivity (Wildman–Crippen MR) is 133 cm³/mol. The number of hydrogen-bond donors (Lipinski definition) is 1. The number of carbonyl (C=O) groups excluding carboxylic acids is 1. The average Bonchev–Trinajstić information content (AvgIpc) is 3.21. The summed E-state index contributed by atoms with van der Waals surface area (Å²) in [4.78, 5) is 24.0. The molecule has 3 aromatic heterocycles. The summed E-state index contributed by atoms with van der Waals surface area (Å²) in [5.41, 5.74) is 5.75. The molecule has 1 saturated heterocycles. The van der Waals surface area contributed by atoms with Crippen molar-refractivity contribution in [2.24, 2.45) is 5.92 Å². The van der Waals surface area contributed by atoms with Crippen LogP contribution in [-0.4, -0.2) is 43.5 Å². The number of carbonyl (C=O) groups is 1. The maximum absolute atomic E-state index is 13.3. The lowest BCUT2D eigenvalue weighted by Crippen LogP contribution is -2.32. The van der Waals surface area contributed by atoms with Gasteiger partial charge in [0.15, 0.2) is 5.65 Å². The number of nitrogens with zero attached hydrogens (tertiary/aromatic N) is 5. The van der Waals surface area contributed by atoms with Gasteiger partial charge < -0.3 is 10.2 Å². The predicted octanol–water partition coefficient (Wildman–Crippen LogP) is 4.53. The monoisotopic (exact) mass is 454 g/mol. The van der Waals surface area contributed by atoms with Gasteiger partial charge in [-0.2, -0.15) is 5.10 Å². The van der Waals surface area contributed by atoms with E-state index in [0.717, 1.165) is 72.6 Å². The summed E-state index contributed by atoms with van der Waals surface area (Å²) in [6.07, 6.45) is 9.49. The Bertz CT molecular complexity index is 1270. The summed E-state index contributed by atoms with van der Waals surface area (Å²) in [7, 11) is 0. The van der Waals surface area contributed by atoms with Gasteiger partial charge in [-0.25, -0.2) is 9.50 Å². The van der Waals surface area contributed by atoms with Crippen LogP contribution in [0.15, 0.2) is 67.1 Å². The molecule has 34 heavy (non-hydrogen) atoms. The second-order valence-corrected chi connectivity index (χ2v) is 9.05. The molecule has 5 rings (SSSR count). The Morgan fingerprint density at radius 1 is 1.03 bits per heavy atom. The van der Waals surface area contributed by atoms with E-state index in [2.05, 4.69) is 33.4 Å². The molecule has 1 amide bonds. The van der Waals surface area contributed by atoms with Crippen molar-refractivity contribution < 1.29 is 4.79 Å². The molecular formula is C27H30N6O. The number of aromatic nitrogens is 4. The van der Waals surface area contributed by atoms with Gasteiger partial charge in [0.05, 0.1) is 17.9 Å². The van der Waals surface area contributed by atoms with Gasteiger partial charge in [-0.15, -0.1) is 0 Å². The third kappa shape index (κ3) is 5.09. The smallest absolute Gasteiger partial charge is 0.253 e. The zero-order chi connectivity index (χ0) is 23.3. The normalized spacial score (nSPS) is 16.4. The first-order valence-electron chi connectivity index (χ1n) is 12.0. The fourth-order valence-electron chi connectivity index (χ4n) is 4.65. The van der Waals surface area contributed by atoms with Crippen LogP contribution in [-0.2, 0) is 13.0 Å². The summed E-state index contributed by atoms with van der Waals surface area (Å²) < 4.78 is 1.83. The van der Waals surface area contributed by atoms with E-state index < -0.39 is 0 Å². The number of aryl methyl sites for hydroxylation is 1. The van der Waals surface area contributed by atoms with Crippen LogP contribution in [0, 0.1) is 12.8 Å². The molecular weight excluding hydrogens is 424 g/mol. The zero-order valence-corrected chi connectivity index (χ0v) is 19.5. The molecule has 0 spiro atoms. The highest BCUT2D eigenvalue weighted by Crippen LogP contribution is 2.24. The van der Waals surface area contributed by atoms with Crippen molar-refractivity contribution in [3.05, 3.63) is 89.6 Å². The minimum absolute atomic E-state index is 0.111. The van der Waals surface area contributed by atoms with Gasteiger partial charge in [0.25, 0.3) is 5.91 Å². The van der Waals surface area contributed by atoms with E-state index in [1.165, 1.54) is 0 Å². The Kier molecular flexibility index (Phi) is 6.51. The summed E-state index contributed by atoms with van der Waals surface area (Å²) in [6.45, 7) is 4.26. The van der Waals surface area contributed by atoms with Crippen LogP contribution in [0.25, 0.3) is 5.65 Å². The van der Waals surface area contributed by atoms with Gasteiger partial charge in [0, 0.05) is 42.9 Å². The third-order valence-electron chi connectivity index (χ3n) is 6.61. The van der Waals surface area contributed by atoms with Crippen molar-refractivity contribution in [3.8, 4) is 0 Å². The van der Waals surface area contributed by atoms with E-state index in [1.807, 2.05) is 58.1 Å². The Morgan fingerprint density at radius 3 is 2.85 bits per heavy atom. The topological polar surface area (TPSA) is 75.4 Å². The molecule has 7 heteroatoms. The lowest BCUT2D eigenvalue weighted by atomic mass is 9.95. The number of hydrogen-bond acceptors (Lipinski definition) is 5. The molecule has 0 radical (unpaired) electrons. The van der Waals surface area contributed by atoms with Crippen molar-refractivity contribution in [2.45, 2.75) is 39.2 Å². The van der Waals surface area contributed by atoms with E-state index in [1.54, 1.807) is 12.4 Å². The number of amides is 1. The largest absolute Gasteiger partial charge is 0.379 e. The van der Waals surface area contributed by atoms with Crippen LogP contribution in [0.4, 0.5) is 5.69 Å². The molecule has 0 bridgehead atoms. The van der Waals surface area contributed by atoms with E-state index >= 15 is 0 Å². The lowest BCUT2D eigenvalue weighted by Gasteiger charge is -2.21. The zero-order valence-electron chi connectivity index (χ0n) is 19.5. The molecule has 1 aliphatic rings. The minimum Gasteiger partial charge on any atom is -0.379 e. The van der Waals surface area contributed by atoms with Crippen LogP contribution in [0.2, 0.25) is 0 Å². The second kappa shape index (κ2) is 10.0. The molecule has 1 aliphatic heterocycles. The van der Waals surface area contributed by atoms with Crippen LogP contribution in [0.5, 0.6) is 0 Å². The number of rotatable bonds is 6. The Balaban J connectivity index is 1.21. The fraction of sp³-hybridized carbons (Fsp3) is 0.333. The highest BCUT2D eigenvalue weighted by atomic mass is 16.2. The molecule has 7 nitrogen and oxygen atoms in total. The number of anilines is 1. The van der Waals surface area contributed by atoms with Crippen molar-refractivity contribution in [2.75, 3.05) is 18.4 Å². The van der Waals surface area contributed by atoms with Gasteiger partial charge >= 0.3 is 0 Å². The highest BCUT2D eigenvalue weighted by molar-refractivity contribution is 5.95. The Labute approximate surface area is 199 Å². The molecule has 4 heterocycles. The highest BCUT2D eigenvalue weighted by Gasteiger charge is 2.22. The van der Waals surface area contributed by atoms with Crippen LogP contribution in [0.1, 0.15) is 46.6 Å². The van der Waals surface area contributed by atoms with Crippen LogP contribution >= 0.6 is 0 Å². The third-order valence-corrected chi connectivity index (χ3v) is 6.61. The number of imidazole rings is 1. The maximum atomic E-state index is 13.3. The van der Waals surface area contributed by atoms with E-state index in [-0.39, 0.29) is 5.91 Å². The van der Waals surface area contributed by atoms with E-state index in [9.17, 15) is 4.79 Å². The molecule has 174 valence electrons. The van der Waals surface area contributed by atoms with Crippen LogP contribution < -0.4 is 5.32 Å². The van der Waals surface area contributed by atoms with Gasteiger partial charge in [-0.3, -0.25) is 9.78 Å². The number of likely N-dealkylation sites (tertiary alicyclic amines) is 1. The number of pyridine rings is 1. The number of nitrogens with one attached hydrogen (secondary N) is 1. The summed E-state index contributed by atoms with van der Waals surface area (Å²) in [5, 5.41) is 8.12. The summed E-state index contributed by atoms with van der Waals surface area (Å²) >= 11 is 0. The molecule has 1 aromatic carbocycles. The average molecular weight is 455 g/mol. The summed E-state index contributed by atoms with van der Waals surface area (Å²) in [5.74, 6) is 0.638. The van der Waals surface area contributed by atoms with Gasteiger partial charge in [-0.05, 0) is 80.5 Å². The van der Waals surface area contributed by atoms with Crippen molar-refractivity contribution in [1.29, 1.82) is 0 Å². The summed E-state index contributed by atoms with van der Waals surface area (Å²) in [6, 6.07) is 15.9. The quantitative estimate of drug-likeness (QED) is 0.463. The Hall–Kier alpha value is -3.74. The van der Waals surface area contributed by atoms with E-state index in [0.29, 0.717) is 12.5 Å². The molecule has 1 fully saturated rings. The number of fused-ring (bicyclic) bond motifs is 1. The molecule has 1 atom stereocenters. The first-order chi connectivity index (χ1) is 16.7. The number of benzene rings is 1. The van der Waals surface area contributed by atoms with Crippen LogP contribution in [0.3, 0.4) is 0 Å². The Morgan fingerprint density at radius 2 is 1.97 bits per heavy atom. The van der Waals surface area contributed by atoms with Gasteiger partial charge in [0.2, 0.25) is 0 Å². The SMILES string of the molecule is Cc1ccc(C(=O)N2CCC[C@H](Cc3ccc4nccn4n3)CC2)cc1NCc1ccccn1. The standard InChI is InChI=1S/C27H30N6O/c1-20-7-8-22(18-25(20)30-19-24-6-2-3-12-28-24)27(34)32-14-4-5-21(11-15-32)17-23-9-10-26-29-13-16-33(26)31-23/h2-3,6-10,12-13,16,18,21,30H,4-5,11,14-15,17,19H2,1H3/t21-/m0/s1. The first-order valence-corrected chi connectivity index (χ1v) is 12.0. The van der Waals surface area contributed by atoms with Crippen molar-refractivity contribution >= 4 is 17.2 Å². The lowest BCUT2D eigenvalue weighted by molar-refractivity contribution is 0.0760. The first kappa shape index (κ1) is 22.1. The fourth-order valence-corrected chi connectivity index (χ4v) is 4.65. The molecule has 4 aromatic rings. The molecule has 0 aliphatic carbocycles. The molecule has 0 saturated carbocycles. The van der Waals surface area contributed by atoms with E-state index in [4.69, 9.17) is 0 Å². The van der Waals surface area contributed by atoms with Gasteiger partial charge in [-0.1, -0.05) is 12.1 Å². The second-order valence-electron chi connectivity index (χ2n) is 9.05. The molecule has 0 unspecified atom stereocenters. The maximum Gasteiger partial charge on any atom is 0.253 e.